The molecule has 0 aliphatic carbocycles. The molecule has 4 aromatic rings. The maximum atomic E-state index is 13.5. The van der Waals surface area contributed by atoms with Gasteiger partial charge in [-0.15, -0.1) is 15.7 Å². The number of nitrogens with zero attached hydrogens (tertiary/aromatic N) is 3. The summed E-state index contributed by atoms with van der Waals surface area (Å²) in [6.45, 7) is 1.77. The second kappa shape index (κ2) is 7.43. The van der Waals surface area contributed by atoms with Gasteiger partial charge in [0.05, 0.1) is 21.6 Å². The highest BCUT2D eigenvalue weighted by Crippen LogP contribution is 2.34. The van der Waals surface area contributed by atoms with E-state index in [0.29, 0.717) is 15.9 Å². The minimum Gasteiger partial charge on any atom is -0.505 e. The first-order valence-electron chi connectivity index (χ1n) is 9.54. The van der Waals surface area contributed by atoms with Crippen molar-refractivity contribution in [2.24, 2.45) is 9.50 Å². The molecule has 0 saturated heterocycles. The molecule has 0 bridgehead atoms. The molecular formula is C22H16N4O4S2. The van der Waals surface area contributed by atoms with Crippen molar-refractivity contribution >= 4 is 48.8 Å². The molecular weight excluding hydrogens is 448 g/mol. The zero-order valence-corrected chi connectivity index (χ0v) is 18.3. The molecule has 0 amide bonds. The van der Waals surface area contributed by atoms with Crippen molar-refractivity contribution in [2.45, 2.75) is 11.8 Å². The largest absolute Gasteiger partial charge is 0.505 e. The summed E-state index contributed by atoms with van der Waals surface area (Å²) < 4.78 is 30.7. The Hall–Kier alpha value is -3.76. The van der Waals surface area contributed by atoms with Crippen molar-refractivity contribution in [2.75, 3.05) is 5.32 Å². The van der Waals surface area contributed by atoms with Crippen LogP contribution in [0.5, 0.6) is 5.75 Å². The molecule has 2 aromatic heterocycles. The Morgan fingerprint density at radius 1 is 1.09 bits per heavy atom. The van der Waals surface area contributed by atoms with Gasteiger partial charge in [-0.3, -0.25) is 4.79 Å². The fourth-order valence-corrected chi connectivity index (χ4v) is 5.44. The Kier molecular flexibility index (Phi) is 4.68. The molecule has 2 N–H and O–H groups in total. The van der Waals surface area contributed by atoms with E-state index in [9.17, 15) is 18.3 Å². The highest BCUT2D eigenvalue weighted by atomic mass is 32.2. The van der Waals surface area contributed by atoms with Crippen LogP contribution in [0.3, 0.4) is 0 Å². The smallest absolute Gasteiger partial charge is 0.286 e. The third kappa shape index (κ3) is 3.20. The molecule has 0 atom stereocenters. The molecule has 8 nitrogen and oxygen atoms in total. The Morgan fingerprint density at radius 2 is 1.81 bits per heavy atom. The van der Waals surface area contributed by atoms with Gasteiger partial charge < -0.3 is 10.4 Å². The number of para-hydroxylation sites is 1. The lowest BCUT2D eigenvalue weighted by Crippen LogP contribution is -2.31. The third-order valence-corrected chi connectivity index (χ3v) is 7.28. The molecule has 5 rings (SSSR count). The van der Waals surface area contributed by atoms with E-state index in [1.807, 2.05) is 30.3 Å². The summed E-state index contributed by atoms with van der Waals surface area (Å²) in [4.78, 5) is 13.5. The monoisotopic (exact) mass is 464 g/mol. The van der Waals surface area contributed by atoms with E-state index in [0.717, 1.165) is 5.56 Å². The number of hydrogen-bond acceptors (Lipinski definition) is 7. The molecule has 1 aliphatic rings. The number of pyridine rings is 1. The number of sulfonamides is 1. The second-order valence-corrected chi connectivity index (χ2v) is 9.55. The third-order valence-electron chi connectivity index (χ3n) is 5.04. The van der Waals surface area contributed by atoms with Crippen LogP contribution < -0.4 is 10.9 Å². The van der Waals surface area contributed by atoms with Gasteiger partial charge in [0, 0.05) is 0 Å². The molecule has 160 valence electrons. The van der Waals surface area contributed by atoms with Crippen LogP contribution in [-0.4, -0.2) is 29.7 Å². The van der Waals surface area contributed by atoms with Crippen LogP contribution in [0.25, 0.3) is 10.2 Å². The summed E-state index contributed by atoms with van der Waals surface area (Å²) in [6, 6.07) is 17.3. The van der Waals surface area contributed by atoms with Crippen LogP contribution in [0.1, 0.15) is 18.1 Å². The maximum Gasteiger partial charge on any atom is 0.286 e. The Balaban J connectivity index is 1.76. The SMILES string of the molecule is C/C(=N\n1c(=O)c(C2=NS(=O)(=O)c3ccccc3N2)c(O)c2sccc21)c1ccccc1. The van der Waals surface area contributed by atoms with Crippen LogP contribution in [0.2, 0.25) is 0 Å². The zero-order chi connectivity index (χ0) is 22.5. The fraction of sp³-hybridized carbons (Fsp3) is 0.0455. The van der Waals surface area contributed by atoms with Gasteiger partial charge in [0.2, 0.25) is 0 Å². The van der Waals surface area contributed by atoms with E-state index in [1.54, 1.807) is 36.6 Å². The number of amidine groups is 1. The van der Waals surface area contributed by atoms with Crippen LogP contribution >= 0.6 is 11.3 Å². The van der Waals surface area contributed by atoms with Crippen LogP contribution in [-0.2, 0) is 10.0 Å². The summed E-state index contributed by atoms with van der Waals surface area (Å²) in [5.41, 5.74) is 1.14. The number of thiophene rings is 1. The zero-order valence-electron chi connectivity index (χ0n) is 16.7. The summed E-state index contributed by atoms with van der Waals surface area (Å²) in [7, 11) is -4.06. The molecule has 0 unspecified atom stereocenters. The lowest BCUT2D eigenvalue weighted by molar-refractivity contribution is 0.479. The van der Waals surface area contributed by atoms with Gasteiger partial charge in [0.1, 0.15) is 10.5 Å². The van der Waals surface area contributed by atoms with Gasteiger partial charge in [0.15, 0.2) is 11.6 Å². The number of hydrogen-bond donors (Lipinski definition) is 2. The quantitative estimate of drug-likeness (QED) is 0.450. The lowest BCUT2D eigenvalue weighted by atomic mass is 10.1. The van der Waals surface area contributed by atoms with Crippen LogP contribution in [0, 0.1) is 0 Å². The van der Waals surface area contributed by atoms with Crippen molar-refractivity contribution in [1.29, 1.82) is 0 Å². The molecule has 3 heterocycles. The van der Waals surface area contributed by atoms with Gasteiger partial charge in [-0.2, -0.15) is 18.2 Å². The molecule has 0 radical (unpaired) electrons. The Labute approximate surface area is 186 Å². The number of nitrogens with one attached hydrogen (secondary N) is 1. The fourth-order valence-electron chi connectivity index (χ4n) is 3.50. The summed E-state index contributed by atoms with van der Waals surface area (Å²) in [5, 5.41) is 20.0. The topological polar surface area (TPSA) is 113 Å². The van der Waals surface area contributed by atoms with Crippen LogP contribution in [0.4, 0.5) is 5.69 Å². The minimum absolute atomic E-state index is 0.00119. The summed E-state index contributed by atoms with van der Waals surface area (Å²) in [5.74, 6) is -0.590. The molecule has 0 saturated carbocycles. The van der Waals surface area contributed by atoms with Crippen LogP contribution in [0.15, 0.2) is 85.2 Å². The van der Waals surface area contributed by atoms with E-state index in [1.165, 1.54) is 22.1 Å². The van der Waals surface area contributed by atoms with Crippen molar-refractivity contribution in [3.8, 4) is 5.75 Å². The van der Waals surface area contributed by atoms with E-state index in [4.69, 9.17) is 0 Å². The number of aromatic hydroxyl groups is 1. The first-order valence-corrected chi connectivity index (χ1v) is 11.9. The van der Waals surface area contributed by atoms with Gasteiger partial charge in [-0.1, -0.05) is 42.5 Å². The van der Waals surface area contributed by atoms with Gasteiger partial charge >= 0.3 is 0 Å². The normalized spacial score (nSPS) is 15.2. The van der Waals surface area contributed by atoms with Gasteiger partial charge in [-0.25, -0.2) is 0 Å². The molecule has 0 spiro atoms. The van der Waals surface area contributed by atoms with Gasteiger partial charge in [-0.05, 0) is 36.1 Å². The highest BCUT2D eigenvalue weighted by molar-refractivity contribution is 7.90. The van der Waals surface area contributed by atoms with E-state index < -0.39 is 15.6 Å². The summed E-state index contributed by atoms with van der Waals surface area (Å²) >= 11 is 1.21. The highest BCUT2D eigenvalue weighted by Gasteiger charge is 2.30. The van der Waals surface area contributed by atoms with Gasteiger partial charge in [0.25, 0.3) is 15.6 Å². The maximum absolute atomic E-state index is 13.5. The molecule has 0 fully saturated rings. The van der Waals surface area contributed by atoms with E-state index >= 15 is 0 Å². The molecule has 32 heavy (non-hydrogen) atoms. The minimum atomic E-state index is -4.06. The molecule has 2 aromatic carbocycles. The lowest BCUT2D eigenvalue weighted by Gasteiger charge is -2.19. The van der Waals surface area contributed by atoms with E-state index in [2.05, 4.69) is 14.8 Å². The first kappa shape index (κ1) is 20.2. The summed E-state index contributed by atoms with van der Waals surface area (Å²) in [6.07, 6.45) is 0. The Morgan fingerprint density at radius 3 is 2.59 bits per heavy atom. The van der Waals surface area contributed by atoms with E-state index in [-0.39, 0.29) is 27.7 Å². The average Bonchev–Trinajstić information content (AvgIpc) is 3.27. The molecule has 1 aliphatic heterocycles. The van der Waals surface area contributed by atoms with Crippen molar-refractivity contribution < 1.29 is 13.5 Å². The van der Waals surface area contributed by atoms with Crippen molar-refractivity contribution in [1.82, 2.24) is 4.68 Å². The number of aromatic nitrogens is 1. The number of anilines is 1. The first-order chi connectivity index (χ1) is 15.4. The number of fused-ring (bicyclic) bond motifs is 2. The predicted molar refractivity (Wildman–Crippen MR) is 126 cm³/mol. The van der Waals surface area contributed by atoms with Crippen molar-refractivity contribution in [3.63, 3.8) is 0 Å². The second-order valence-electron chi connectivity index (χ2n) is 7.06. The predicted octanol–water partition coefficient (Wildman–Crippen LogP) is 3.60. The molecule has 10 heteroatoms. The number of benzene rings is 2. The van der Waals surface area contributed by atoms with Crippen molar-refractivity contribution in [3.05, 3.63) is 87.5 Å². The Bertz CT molecular complexity index is 1600. The standard InChI is InChI=1S/C22H16N4O4S2/c1-13(14-7-3-2-4-8-14)24-26-16-11-12-31-20(16)19(27)18(22(26)28)21-23-15-9-5-6-10-17(15)32(29,30)25-21/h2-12,27H,1H3,(H,23,25)/b24-13+. The number of rotatable bonds is 3. The average molecular weight is 465 g/mol.